The zero-order valence-corrected chi connectivity index (χ0v) is 8.99. The Balaban J connectivity index is 2.09. The molecule has 1 radical (unpaired) electrons. The fourth-order valence-electron chi connectivity index (χ4n) is 1.64. The van der Waals surface area contributed by atoms with E-state index in [1.54, 1.807) is 6.61 Å². The van der Waals surface area contributed by atoms with E-state index in [2.05, 4.69) is 0 Å². The molecular formula is C11H19O3. The summed E-state index contributed by atoms with van der Waals surface area (Å²) < 4.78 is 9.76. The maximum atomic E-state index is 11.0. The van der Waals surface area contributed by atoms with Crippen LogP contribution in [0.5, 0.6) is 0 Å². The Kier molecular flexibility index (Phi) is 4.77. The summed E-state index contributed by atoms with van der Waals surface area (Å²) in [4.78, 5) is 11.0. The van der Waals surface area contributed by atoms with Crippen LogP contribution < -0.4 is 0 Å². The van der Waals surface area contributed by atoms with Gasteiger partial charge < -0.3 is 9.47 Å². The Hall–Kier alpha value is -0.730. The lowest BCUT2D eigenvalue weighted by molar-refractivity contribution is 0.0424. The summed E-state index contributed by atoms with van der Waals surface area (Å²) in [5.74, 6) is 0.434. The van der Waals surface area contributed by atoms with Gasteiger partial charge >= 0.3 is 6.16 Å². The van der Waals surface area contributed by atoms with Gasteiger partial charge in [-0.05, 0) is 32.6 Å². The highest BCUT2D eigenvalue weighted by Gasteiger charge is 2.17. The van der Waals surface area contributed by atoms with E-state index in [1.807, 2.05) is 13.8 Å². The van der Waals surface area contributed by atoms with Gasteiger partial charge in [-0.1, -0.05) is 19.3 Å². The third-order valence-electron chi connectivity index (χ3n) is 2.34. The van der Waals surface area contributed by atoms with E-state index >= 15 is 0 Å². The molecule has 3 nitrogen and oxygen atoms in total. The van der Waals surface area contributed by atoms with Crippen LogP contribution in [0.4, 0.5) is 4.79 Å². The number of hydrogen-bond acceptors (Lipinski definition) is 3. The first-order chi connectivity index (χ1) is 6.68. The van der Waals surface area contributed by atoms with Crippen LogP contribution in [-0.2, 0) is 9.47 Å². The minimum Gasteiger partial charge on any atom is -0.432 e. The minimum atomic E-state index is -0.578. The molecule has 0 saturated heterocycles. The van der Waals surface area contributed by atoms with Crippen molar-refractivity contribution in [3.05, 3.63) is 6.61 Å². The molecule has 0 spiro atoms. The van der Waals surface area contributed by atoms with Crippen molar-refractivity contribution in [2.75, 3.05) is 0 Å². The first-order valence-corrected chi connectivity index (χ1v) is 5.39. The van der Waals surface area contributed by atoms with Gasteiger partial charge in [0.15, 0.2) is 0 Å². The lowest BCUT2D eigenvalue weighted by Crippen LogP contribution is -2.15. The molecule has 0 aromatic rings. The van der Waals surface area contributed by atoms with E-state index in [0.29, 0.717) is 5.92 Å². The molecule has 3 heteroatoms. The predicted octanol–water partition coefficient (Wildman–Crippen LogP) is 3.29. The highest BCUT2D eigenvalue weighted by Crippen LogP contribution is 2.25. The molecule has 0 aromatic carbocycles. The molecule has 0 aliphatic heterocycles. The molecule has 1 aliphatic carbocycles. The third kappa shape index (κ3) is 4.49. The van der Waals surface area contributed by atoms with Gasteiger partial charge in [-0.3, -0.25) is 0 Å². The van der Waals surface area contributed by atoms with Crippen LogP contribution in [0, 0.1) is 12.5 Å². The number of carbonyl (C=O) groups is 1. The van der Waals surface area contributed by atoms with E-state index in [0.717, 1.165) is 12.8 Å². The van der Waals surface area contributed by atoms with Crippen molar-refractivity contribution < 1.29 is 14.3 Å². The van der Waals surface area contributed by atoms with Crippen LogP contribution in [0.3, 0.4) is 0 Å². The second-order valence-corrected chi connectivity index (χ2v) is 4.07. The van der Waals surface area contributed by atoms with Crippen LogP contribution >= 0.6 is 0 Å². The Morgan fingerprint density at radius 1 is 1.29 bits per heavy atom. The van der Waals surface area contributed by atoms with E-state index < -0.39 is 6.16 Å². The largest absolute Gasteiger partial charge is 0.508 e. The second kappa shape index (κ2) is 5.89. The summed E-state index contributed by atoms with van der Waals surface area (Å²) >= 11 is 0. The summed E-state index contributed by atoms with van der Waals surface area (Å²) in [6, 6.07) is 0. The fraction of sp³-hybridized carbons (Fsp3) is 0.818. The molecule has 0 heterocycles. The quantitative estimate of drug-likeness (QED) is 0.654. The monoisotopic (exact) mass is 199 g/mol. The van der Waals surface area contributed by atoms with E-state index in [-0.39, 0.29) is 6.10 Å². The molecule has 1 fully saturated rings. The van der Waals surface area contributed by atoms with Gasteiger partial charge in [0.05, 0.1) is 6.10 Å². The zero-order chi connectivity index (χ0) is 10.4. The van der Waals surface area contributed by atoms with Gasteiger partial charge in [0, 0.05) is 0 Å². The van der Waals surface area contributed by atoms with Gasteiger partial charge in [-0.25, -0.2) is 4.79 Å². The van der Waals surface area contributed by atoms with Crippen molar-refractivity contribution in [1.82, 2.24) is 0 Å². The lowest BCUT2D eigenvalue weighted by atomic mass is 9.90. The van der Waals surface area contributed by atoms with Gasteiger partial charge in [-0.15, -0.1) is 0 Å². The fourth-order valence-corrected chi connectivity index (χ4v) is 1.64. The number of hydrogen-bond donors (Lipinski definition) is 0. The molecule has 0 atom stereocenters. The standard InChI is InChI=1S/C11H19O3/c1-9(2)14-11(12)13-8-10-6-4-3-5-7-10/h8-10H,3-7H2,1-2H3. The van der Waals surface area contributed by atoms with Gasteiger partial charge in [0.1, 0.15) is 6.61 Å². The Labute approximate surface area is 85.8 Å². The van der Waals surface area contributed by atoms with Gasteiger partial charge in [0.2, 0.25) is 0 Å². The highest BCUT2D eigenvalue weighted by atomic mass is 16.7. The Bertz CT molecular complexity index is 171. The summed E-state index contributed by atoms with van der Waals surface area (Å²) in [7, 11) is 0. The van der Waals surface area contributed by atoms with Crippen molar-refractivity contribution in [3.63, 3.8) is 0 Å². The highest BCUT2D eigenvalue weighted by molar-refractivity contribution is 5.60. The molecule has 0 bridgehead atoms. The van der Waals surface area contributed by atoms with Crippen molar-refractivity contribution in [1.29, 1.82) is 0 Å². The SMILES string of the molecule is CC(C)OC(=O)O[CH]C1CCCCC1. The summed E-state index contributed by atoms with van der Waals surface area (Å²) in [5.41, 5.74) is 0. The first-order valence-electron chi connectivity index (χ1n) is 5.39. The molecule has 0 aromatic heterocycles. The molecule has 1 saturated carbocycles. The topological polar surface area (TPSA) is 35.5 Å². The Morgan fingerprint density at radius 2 is 1.93 bits per heavy atom. The molecular weight excluding hydrogens is 180 g/mol. The molecule has 0 amide bonds. The number of ether oxygens (including phenoxy) is 2. The van der Waals surface area contributed by atoms with Crippen molar-refractivity contribution in [3.8, 4) is 0 Å². The summed E-state index contributed by atoms with van der Waals surface area (Å²) in [6.45, 7) is 5.26. The van der Waals surface area contributed by atoms with Gasteiger partial charge in [0.25, 0.3) is 0 Å². The van der Waals surface area contributed by atoms with Crippen LogP contribution in [-0.4, -0.2) is 12.3 Å². The minimum absolute atomic E-state index is 0.109. The average molecular weight is 199 g/mol. The second-order valence-electron chi connectivity index (χ2n) is 4.07. The maximum absolute atomic E-state index is 11.0. The van der Waals surface area contributed by atoms with Gasteiger partial charge in [-0.2, -0.15) is 0 Å². The maximum Gasteiger partial charge on any atom is 0.508 e. The molecule has 0 N–H and O–H groups in total. The smallest absolute Gasteiger partial charge is 0.432 e. The van der Waals surface area contributed by atoms with Crippen LogP contribution in [0.25, 0.3) is 0 Å². The number of rotatable bonds is 3. The third-order valence-corrected chi connectivity index (χ3v) is 2.34. The van der Waals surface area contributed by atoms with Crippen molar-refractivity contribution in [2.45, 2.75) is 52.1 Å². The summed E-state index contributed by atoms with van der Waals surface area (Å²) in [5, 5.41) is 0. The van der Waals surface area contributed by atoms with E-state index in [4.69, 9.17) is 9.47 Å². The van der Waals surface area contributed by atoms with Crippen LogP contribution in [0.15, 0.2) is 0 Å². The normalized spacial score (nSPS) is 18.2. The predicted molar refractivity (Wildman–Crippen MR) is 53.6 cm³/mol. The lowest BCUT2D eigenvalue weighted by Gasteiger charge is -2.20. The first kappa shape index (κ1) is 11.3. The van der Waals surface area contributed by atoms with Crippen LogP contribution in [0.2, 0.25) is 0 Å². The molecule has 81 valence electrons. The molecule has 0 unspecified atom stereocenters. The number of carbonyl (C=O) groups excluding carboxylic acids is 1. The van der Waals surface area contributed by atoms with Crippen LogP contribution in [0.1, 0.15) is 46.0 Å². The molecule has 1 aliphatic rings. The van der Waals surface area contributed by atoms with E-state index in [9.17, 15) is 4.79 Å². The zero-order valence-electron chi connectivity index (χ0n) is 8.99. The average Bonchev–Trinajstić information content (AvgIpc) is 2.15. The summed E-state index contributed by atoms with van der Waals surface area (Å²) in [6.07, 6.45) is 5.37. The van der Waals surface area contributed by atoms with Crippen molar-refractivity contribution >= 4 is 6.16 Å². The van der Waals surface area contributed by atoms with Crippen molar-refractivity contribution in [2.24, 2.45) is 5.92 Å². The van der Waals surface area contributed by atoms with E-state index in [1.165, 1.54) is 19.3 Å². The molecule has 14 heavy (non-hydrogen) atoms. The Morgan fingerprint density at radius 3 is 2.50 bits per heavy atom. The molecule has 1 rings (SSSR count).